The van der Waals surface area contributed by atoms with Gasteiger partial charge in [-0.2, -0.15) is 0 Å². The highest BCUT2D eigenvalue weighted by Gasteiger charge is 2.21. The Bertz CT molecular complexity index is 1630. The molecule has 0 unspecified atom stereocenters. The number of benzene rings is 3. The molecule has 0 aliphatic heterocycles. The number of halogens is 1. The van der Waals surface area contributed by atoms with Gasteiger partial charge in [0.15, 0.2) is 0 Å². The number of para-hydroxylation sites is 1. The van der Waals surface area contributed by atoms with Gasteiger partial charge >= 0.3 is 0 Å². The first-order valence-electron chi connectivity index (χ1n) is 11.7. The largest absolute Gasteiger partial charge is 0.376 e. The van der Waals surface area contributed by atoms with E-state index in [1.54, 1.807) is 30.3 Å². The fourth-order valence-electron chi connectivity index (χ4n) is 4.05. The molecule has 1 aromatic heterocycles. The van der Waals surface area contributed by atoms with Gasteiger partial charge < -0.3 is 31.8 Å². The second-order valence-corrected chi connectivity index (χ2v) is 8.93. The minimum Gasteiger partial charge on any atom is -0.376 e. The monoisotopic (exact) mass is 519 g/mol. The van der Waals surface area contributed by atoms with E-state index in [4.69, 9.17) is 16.2 Å². The number of aromatic nitrogens is 1. The summed E-state index contributed by atoms with van der Waals surface area (Å²) in [6, 6.07) is 12.4. The molecule has 0 aliphatic carbocycles. The third-order valence-corrected chi connectivity index (χ3v) is 5.88. The minimum absolute atomic E-state index is 0.0368. The van der Waals surface area contributed by atoms with Gasteiger partial charge in [0.25, 0.3) is 17.4 Å². The Labute approximate surface area is 216 Å². The predicted molar refractivity (Wildman–Crippen MR) is 143 cm³/mol. The van der Waals surface area contributed by atoms with E-state index >= 15 is 0 Å². The van der Waals surface area contributed by atoms with Crippen LogP contribution in [0.25, 0.3) is 21.7 Å². The lowest BCUT2D eigenvalue weighted by atomic mass is 10.0. The van der Waals surface area contributed by atoms with Gasteiger partial charge in [0.1, 0.15) is 11.9 Å². The topological polar surface area (TPSA) is 169 Å². The lowest BCUT2D eigenvalue weighted by Crippen LogP contribution is -2.39. The lowest BCUT2D eigenvalue weighted by Gasteiger charge is -2.21. The lowest BCUT2D eigenvalue weighted by molar-refractivity contribution is -0.118. The van der Waals surface area contributed by atoms with E-state index in [2.05, 4.69) is 15.6 Å². The van der Waals surface area contributed by atoms with Crippen LogP contribution in [0.4, 0.5) is 15.8 Å². The molecule has 11 heteroatoms. The van der Waals surface area contributed by atoms with Crippen LogP contribution in [0.3, 0.4) is 0 Å². The Morgan fingerprint density at radius 2 is 1.63 bits per heavy atom. The van der Waals surface area contributed by atoms with Gasteiger partial charge in [-0.05, 0) is 61.7 Å². The maximum Gasteiger partial charge on any atom is 0.256 e. The van der Waals surface area contributed by atoms with Crippen molar-refractivity contribution >= 4 is 50.8 Å². The standard InChI is InChI=1S/C27H26FN5O5/c1-13(2)38-12-22(31-14-7-9-21(28)20(11-14)25(30)35)27(37)32-15-6-8-17-19(10-15)16-4-3-5-18(24(29)34)23(16)33-26(17)36/h3-11,13,22,31H,12H2,1-2H3,(H2,29,34)(H2,30,35)(H,32,37)(H,33,36)/t22-/m0/s1. The number of carbonyl (C=O) groups is 3. The van der Waals surface area contributed by atoms with Crippen molar-refractivity contribution in [3.05, 3.63) is 81.9 Å². The van der Waals surface area contributed by atoms with Crippen LogP contribution in [0, 0.1) is 5.82 Å². The SMILES string of the molecule is CC(C)OC[C@H](Nc1ccc(F)c(C(N)=O)c1)C(=O)Nc1ccc2c(=O)[nH]c3c(C(N)=O)cccc3c2c1. The highest BCUT2D eigenvalue weighted by atomic mass is 19.1. The number of rotatable bonds is 9. The zero-order valence-corrected chi connectivity index (χ0v) is 20.6. The first-order valence-corrected chi connectivity index (χ1v) is 11.7. The molecule has 0 saturated heterocycles. The number of fused-ring (bicyclic) bond motifs is 3. The molecule has 0 bridgehead atoms. The Morgan fingerprint density at radius 1 is 0.921 bits per heavy atom. The number of hydrogen-bond donors (Lipinski definition) is 5. The molecule has 4 aromatic rings. The molecular weight excluding hydrogens is 493 g/mol. The van der Waals surface area contributed by atoms with Crippen LogP contribution in [0.2, 0.25) is 0 Å². The smallest absolute Gasteiger partial charge is 0.256 e. The number of primary amides is 2. The average Bonchev–Trinajstić information content (AvgIpc) is 2.86. The Hall–Kier alpha value is -4.77. The van der Waals surface area contributed by atoms with Crippen molar-refractivity contribution in [2.24, 2.45) is 11.5 Å². The second-order valence-electron chi connectivity index (χ2n) is 8.93. The van der Waals surface area contributed by atoms with Crippen LogP contribution in [-0.2, 0) is 9.53 Å². The normalized spacial score (nSPS) is 12.0. The summed E-state index contributed by atoms with van der Waals surface area (Å²) in [5.74, 6) is -2.89. The van der Waals surface area contributed by atoms with Crippen molar-refractivity contribution < 1.29 is 23.5 Å². The number of nitrogens with two attached hydrogens (primary N) is 2. The van der Waals surface area contributed by atoms with E-state index in [1.807, 2.05) is 13.8 Å². The molecule has 7 N–H and O–H groups in total. The summed E-state index contributed by atoms with van der Waals surface area (Å²) < 4.78 is 19.5. The summed E-state index contributed by atoms with van der Waals surface area (Å²) >= 11 is 0. The number of aromatic amines is 1. The van der Waals surface area contributed by atoms with E-state index in [9.17, 15) is 23.6 Å². The van der Waals surface area contributed by atoms with E-state index in [-0.39, 0.29) is 23.8 Å². The zero-order chi connectivity index (χ0) is 27.6. The first kappa shape index (κ1) is 26.3. The fraction of sp³-hybridized carbons (Fsp3) is 0.185. The second kappa shape index (κ2) is 10.7. The quantitative estimate of drug-likeness (QED) is 0.213. The summed E-state index contributed by atoms with van der Waals surface area (Å²) in [5, 5.41) is 7.20. The highest BCUT2D eigenvalue weighted by molar-refractivity contribution is 6.13. The van der Waals surface area contributed by atoms with Gasteiger partial charge in [0.05, 0.1) is 29.4 Å². The van der Waals surface area contributed by atoms with Crippen molar-refractivity contribution in [2.75, 3.05) is 17.2 Å². The molecule has 4 rings (SSSR count). The molecule has 0 radical (unpaired) electrons. The molecule has 0 fully saturated rings. The van der Waals surface area contributed by atoms with Gasteiger partial charge in [-0.1, -0.05) is 12.1 Å². The third kappa shape index (κ3) is 5.47. The summed E-state index contributed by atoms with van der Waals surface area (Å²) in [7, 11) is 0. The molecular formula is C27H26FN5O5. The Kier molecular flexibility index (Phi) is 7.40. The minimum atomic E-state index is -0.941. The fourth-order valence-corrected chi connectivity index (χ4v) is 4.05. The van der Waals surface area contributed by atoms with Crippen LogP contribution in [0.5, 0.6) is 0 Å². The number of ether oxygens (including phenoxy) is 1. The number of amides is 3. The summed E-state index contributed by atoms with van der Waals surface area (Å²) in [6.45, 7) is 3.58. The average molecular weight is 520 g/mol. The van der Waals surface area contributed by atoms with E-state index in [0.717, 1.165) is 6.07 Å². The molecule has 1 atom stereocenters. The maximum atomic E-state index is 13.9. The summed E-state index contributed by atoms with van der Waals surface area (Å²) in [4.78, 5) is 52.1. The first-order chi connectivity index (χ1) is 18.0. The number of anilines is 2. The number of pyridine rings is 1. The third-order valence-electron chi connectivity index (χ3n) is 5.88. The zero-order valence-electron chi connectivity index (χ0n) is 20.6. The maximum absolute atomic E-state index is 13.9. The van der Waals surface area contributed by atoms with E-state index < -0.39 is 35.1 Å². The molecule has 196 valence electrons. The number of nitrogens with one attached hydrogen (secondary N) is 3. The molecule has 3 amide bonds. The van der Waals surface area contributed by atoms with Gasteiger partial charge in [-0.25, -0.2) is 4.39 Å². The number of hydrogen-bond acceptors (Lipinski definition) is 6. The molecule has 10 nitrogen and oxygen atoms in total. The van der Waals surface area contributed by atoms with Crippen LogP contribution in [0.15, 0.2) is 59.4 Å². The molecule has 0 aliphatic rings. The Balaban J connectivity index is 1.68. The summed E-state index contributed by atoms with van der Waals surface area (Å²) in [5.41, 5.74) is 11.1. The van der Waals surface area contributed by atoms with Crippen LogP contribution >= 0.6 is 0 Å². The predicted octanol–water partition coefficient (Wildman–Crippen LogP) is 2.86. The number of H-pyrrole nitrogens is 1. The molecule has 38 heavy (non-hydrogen) atoms. The van der Waals surface area contributed by atoms with Crippen LogP contribution in [-0.4, -0.2) is 41.5 Å². The molecule has 3 aromatic carbocycles. The number of carbonyl (C=O) groups excluding carboxylic acids is 3. The van der Waals surface area contributed by atoms with Crippen LogP contribution in [0.1, 0.15) is 34.6 Å². The highest BCUT2D eigenvalue weighted by Crippen LogP contribution is 2.26. The molecule has 0 spiro atoms. The molecule has 0 saturated carbocycles. The van der Waals surface area contributed by atoms with Crippen LogP contribution < -0.4 is 27.7 Å². The summed E-state index contributed by atoms with van der Waals surface area (Å²) in [6.07, 6.45) is -0.181. The van der Waals surface area contributed by atoms with Gasteiger partial charge in [-0.3, -0.25) is 19.2 Å². The van der Waals surface area contributed by atoms with Gasteiger partial charge in [-0.15, -0.1) is 0 Å². The van der Waals surface area contributed by atoms with Crippen molar-refractivity contribution in [1.82, 2.24) is 4.98 Å². The van der Waals surface area contributed by atoms with Crippen molar-refractivity contribution in [2.45, 2.75) is 26.0 Å². The van der Waals surface area contributed by atoms with Gasteiger partial charge in [0, 0.05) is 22.1 Å². The van der Waals surface area contributed by atoms with E-state index in [0.29, 0.717) is 33.1 Å². The Morgan fingerprint density at radius 3 is 2.32 bits per heavy atom. The molecule has 1 heterocycles. The van der Waals surface area contributed by atoms with Gasteiger partial charge in [0.2, 0.25) is 5.91 Å². The van der Waals surface area contributed by atoms with Crippen molar-refractivity contribution in [3.63, 3.8) is 0 Å². The van der Waals surface area contributed by atoms with Crippen molar-refractivity contribution in [3.8, 4) is 0 Å². The van der Waals surface area contributed by atoms with E-state index in [1.165, 1.54) is 18.2 Å². The van der Waals surface area contributed by atoms with Crippen molar-refractivity contribution in [1.29, 1.82) is 0 Å².